The maximum atomic E-state index is 12.2. The fourth-order valence-corrected chi connectivity index (χ4v) is 3.04. The maximum absolute atomic E-state index is 12.2. The third-order valence-corrected chi connectivity index (χ3v) is 4.59. The third-order valence-electron chi connectivity index (χ3n) is 4.59. The molecule has 1 heterocycles. The average Bonchev–Trinajstić information content (AvgIpc) is 2.73. The van der Waals surface area contributed by atoms with E-state index in [2.05, 4.69) is 20.9 Å². The first-order chi connectivity index (χ1) is 13.2. The van der Waals surface area contributed by atoms with Crippen LogP contribution in [0.2, 0.25) is 0 Å². The topological polar surface area (TPSA) is 73.5 Å². The van der Waals surface area contributed by atoms with Crippen molar-refractivity contribution in [1.29, 1.82) is 0 Å². The predicted molar refractivity (Wildman–Crippen MR) is 107 cm³/mol. The lowest BCUT2D eigenvalue weighted by molar-refractivity contribution is 0.0950. The summed E-state index contributed by atoms with van der Waals surface area (Å²) in [6, 6.07) is 16.0. The summed E-state index contributed by atoms with van der Waals surface area (Å²) >= 11 is 0. The molecule has 6 nitrogen and oxygen atoms in total. The van der Waals surface area contributed by atoms with E-state index in [1.807, 2.05) is 18.2 Å². The zero-order valence-electron chi connectivity index (χ0n) is 15.4. The Hall–Kier alpha value is -2.70. The van der Waals surface area contributed by atoms with Crippen molar-refractivity contribution in [2.75, 3.05) is 44.6 Å². The van der Waals surface area contributed by atoms with Crippen LogP contribution in [-0.4, -0.2) is 56.0 Å². The fraction of sp³-hybridized carbons (Fsp3) is 0.333. The van der Waals surface area contributed by atoms with Gasteiger partial charge in [0.25, 0.3) is 11.8 Å². The summed E-state index contributed by atoms with van der Waals surface area (Å²) < 4.78 is 0. The van der Waals surface area contributed by atoms with Crippen LogP contribution in [0.1, 0.15) is 27.1 Å². The minimum absolute atomic E-state index is 0.0868. The van der Waals surface area contributed by atoms with Gasteiger partial charge in [0.05, 0.1) is 0 Å². The molecule has 0 saturated carbocycles. The molecular weight excluding hydrogens is 340 g/mol. The molecule has 2 amide bonds. The van der Waals surface area contributed by atoms with E-state index in [1.54, 1.807) is 36.4 Å². The van der Waals surface area contributed by atoms with Gasteiger partial charge in [0, 0.05) is 49.5 Å². The minimum Gasteiger partial charge on any atom is -0.352 e. The fourth-order valence-electron chi connectivity index (χ4n) is 3.04. The molecule has 0 bridgehead atoms. The number of benzene rings is 2. The Kier molecular flexibility index (Phi) is 6.96. The Morgan fingerprint density at radius 2 is 1.56 bits per heavy atom. The number of piperazine rings is 1. The van der Waals surface area contributed by atoms with Crippen molar-refractivity contribution in [3.63, 3.8) is 0 Å². The molecular formula is C21H26N4O2. The number of rotatable bonds is 7. The summed E-state index contributed by atoms with van der Waals surface area (Å²) in [7, 11) is 0. The van der Waals surface area contributed by atoms with Gasteiger partial charge < -0.3 is 20.9 Å². The number of hydrogen-bond acceptors (Lipinski definition) is 4. The summed E-state index contributed by atoms with van der Waals surface area (Å²) in [6.07, 6.45) is 0.941. The van der Waals surface area contributed by atoms with Crippen molar-refractivity contribution in [1.82, 2.24) is 15.5 Å². The molecule has 1 fully saturated rings. The van der Waals surface area contributed by atoms with Crippen molar-refractivity contribution >= 4 is 17.5 Å². The number of carbonyl (C=O) groups is 2. The van der Waals surface area contributed by atoms with Crippen molar-refractivity contribution in [2.24, 2.45) is 0 Å². The molecule has 1 aliphatic heterocycles. The highest BCUT2D eigenvalue weighted by Gasteiger charge is 2.10. The Morgan fingerprint density at radius 1 is 0.889 bits per heavy atom. The van der Waals surface area contributed by atoms with Gasteiger partial charge in [-0.2, -0.15) is 0 Å². The van der Waals surface area contributed by atoms with Gasteiger partial charge >= 0.3 is 0 Å². The lowest BCUT2D eigenvalue weighted by Gasteiger charge is -2.27. The molecule has 142 valence electrons. The Bertz CT molecular complexity index is 741. The molecule has 0 atom stereocenters. The second kappa shape index (κ2) is 9.85. The zero-order valence-corrected chi connectivity index (χ0v) is 15.4. The van der Waals surface area contributed by atoms with Crippen LogP contribution in [0.5, 0.6) is 0 Å². The van der Waals surface area contributed by atoms with E-state index in [0.29, 0.717) is 23.4 Å². The SMILES string of the molecule is O=C(NCCCN1CCNCC1)c1ccc(NC(=O)c2ccccc2)cc1. The number of nitrogens with one attached hydrogen (secondary N) is 3. The Labute approximate surface area is 159 Å². The summed E-state index contributed by atoms with van der Waals surface area (Å²) in [4.78, 5) is 26.8. The molecule has 0 radical (unpaired) electrons. The molecule has 0 unspecified atom stereocenters. The van der Waals surface area contributed by atoms with Crippen molar-refractivity contribution in [2.45, 2.75) is 6.42 Å². The first kappa shape index (κ1) is 19.1. The normalized spacial score (nSPS) is 14.5. The number of hydrogen-bond donors (Lipinski definition) is 3. The van der Waals surface area contributed by atoms with Crippen LogP contribution in [0.4, 0.5) is 5.69 Å². The number of carbonyl (C=O) groups excluding carboxylic acids is 2. The molecule has 0 aliphatic carbocycles. The lowest BCUT2D eigenvalue weighted by atomic mass is 10.1. The monoisotopic (exact) mass is 366 g/mol. The molecule has 2 aromatic rings. The van der Waals surface area contributed by atoms with E-state index in [4.69, 9.17) is 0 Å². The van der Waals surface area contributed by atoms with Crippen molar-refractivity contribution < 1.29 is 9.59 Å². The second-order valence-electron chi connectivity index (χ2n) is 6.60. The van der Waals surface area contributed by atoms with Gasteiger partial charge in [0.1, 0.15) is 0 Å². The van der Waals surface area contributed by atoms with E-state index in [0.717, 1.165) is 39.1 Å². The van der Waals surface area contributed by atoms with Gasteiger partial charge in [0.2, 0.25) is 0 Å². The van der Waals surface area contributed by atoms with E-state index in [-0.39, 0.29) is 11.8 Å². The Morgan fingerprint density at radius 3 is 2.26 bits per heavy atom. The number of anilines is 1. The van der Waals surface area contributed by atoms with E-state index < -0.39 is 0 Å². The van der Waals surface area contributed by atoms with Crippen LogP contribution >= 0.6 is 0 Å². The van der Waals surface area contributed by atoms with Crippen LogP contribution in [0, 0.1) is 0 Å². The Balaban J connectivity index is 1.42. The van der Waals surface area contributed by atoms with Crippen LogP contribution < -0.4 is 16.0 Å². The van der Waals surface area contributed by atoms with Crippen LogP contribution in [0.25, 0.3) is 0 Å². The average molecular weight is 366 g/mol. The minimum atomic E-state index is -0.166. The van der Waals surface area contributed by atoms with Crippen LogP contribution in [-0.2, 0) is 0 Å². The first-order valence-corrected chi connectivity index (χ1v) is 9.40. The van der Waals surface area contributed by atoms with Crippen molar-refractivity contribution in [3.05, 3.63) is 65.7 Å². The third kappa shape index (κ3) is 5.91. The first-order valence-electron chi connectivity index (χ1n) is 9.40. The molecule has 6 heteroatoms. The molecule has 3 rings (SSSR count). The molecule has 3 N–H and O–H groups in total. The molecule has 0 aromatic heterocycles. The van der Waals surface area contributed by atoms with E-state index in [1.165, 1.54) is 0 Å². The maximum Gasteiger partial charge on any atom is 0.255 e. The highest BCUT2D eigenvalue weighted by molar-refractivity contribution is 6.04. The van der Waals surface area contributed by atoms with Gasteiger partial charge in [0.15, 0.2) is 0 Å². The lowest BCUT2D eigenvalue weighted by Crippen LogP contribution is -2.44. The number of nitrogens with zero attached hydrogens (tertiary/aromatic N) is 1. The highest BCUT2D eigenvalue weighted by atomic mass is 16.2. The number of amides is 2. The quantitative estimate of drug-likeness (QED) is 0.655. The molecule has 27 heavy (non-hydrogen) atoms. The van der Waals surface area contributed by atoms with Crippen molar-refractivity contribution in [3.8, 4) is 0 Å². The summed E-state index contributed by atoms with van der Waals surface area (Å²) in [6.45, 7) is 5.90. The summed E-state index contributed by atoms with van der Waals surface area (Å²) in [5, 5.41) is 9.12. The van der Waals surface area contributed by atoms with Gasteiger partial charge in [-0.15, -0.1) is 0 Å². The molecule has 1 aliphatic rings. The summed E-state index contributed by atoms with van der Waals surface area (Å²) in [5.41, 5.74) is 1.86. The van der Waals surface area contributed by atoms with Gasteiger partial charge in [-0.1, -0.05) is 18.2 Å². The smallest absolute Gasteiger partial charge is 0.255 e. The molecule has 1 saturated heterocycles. The second-order valence-corrected chi connectivity index (χ2v) is 6.60. The highest BCUT2D eigenvalue weighted by Crippen LogP contribution is 2.11. The van der Waals surface area contributed by atoms with Gasteiger partial charge in [-0.05, 0) is 49.4 Å². The van der Waals surface area contributed by atoms with Gasteiger partial charge in [-0.25, -0.2) is 0 Å². The largest absolute Gasteiger partial charge is 0.352 e. The van der Waals surface area contributed by atoms with Crippen LogP contribution in [0.15, 0.2) is 54.6 Å². The molecule has 2 aromatic carbocycles. The zero-order chi connectivity index (χ0) is 18.9. The van der Waals surface area contributed by atoms with Crippen LogP contribution in [0.3, 0.4) is 0 Å². The van der Waals surface area contributed by atoms with E-state index in [9.17, 15) is 9.59 Å². The predicted octanol–water partition coefficient (Wildman–Crippen LogP) is 1.96. The molecule has 0 spiro atoms. The summed E-state index contributed by atoms with van der Waals surface area (Å²) in [5.74, 6) is -0.253. The standard InChI is InChI=1S/C21H26N4O2/c26-20(23-11-4-14-25-15-12-22-13-16-25)18-7-9-19(10-8-18)24-21(27)17-5-2-1-3-6-17/h1-3,5-10,22H,4,11-16H2,(H,23,26)(H,24,27). The van der Waals surface area contributed by atoms with Gasteiger partial charge in [-0.3, -0.25) is 9.59 Å². The van der Waals surface area contributed by atoms with E-state index >= 15 is 0 Å².